The summed E-state index contributed by atoms with van der Waals surface area (Å²) in [5.74, 6) is -0.893. The van der Waals surface area contributed by atoms with Crippen molar-refractivity contribution in [2.45, 2.75) is 95.9 Å². The van der Waals surface area contributed by atoms with E-state index in [1.807, 2.05) is 20.8 Å². The molecule has 7 unspecified atom stereocenters. The third-order valence-corrected chi connectivity index (χ3v) is 13.5. The van der Waals surface area contributed by atoms with Gasteiger partial charge in [-0.3, -0.25) is 8.98 Å². The monoisotopic (exact) mass is 646 g/mol. The molecule has 3 saturated carbocycles. The predicted molar refractivity (Wildman–Crippen MR) is 162 cm³/mol. The average molecular weight is 647 g/mol. The lowest BCUT2D eigenvalue weighted by molar-refractivity contribution is -0.301. The molecule has 0 spiro atoms. The van der Waals surface area contributed by atoms with E-state index in [2.05, 4.69) is 13.0 Å². The molecule has 1 saturated heterocycles. The first-order chi connectivity index (χ1) is 21.2. The fourth-order valence-corrected chi connectivity index (χ4v) is 11.4. The fourth-order valence-electron chi connectivity index (χ4n) is 10.3. The Hall–Kier alpha value is -2.15. The molecule has 0 amide bonds. The molecule has 12 atom stereocenters. The fraction of sp³-hybridized carbons (Fsp3) is 0.706. The van der Waals surface area contributed by atoms with Gasteiger partial charge in [0.15, 0.2) is 12.4 Å². The smallest absolute Gasteiger partial charge is 0.315 e. The van der Waals surface area contributed by atoms with Crippen LogP contribution in [0, 0.1) is 52.8 Å². The van der Waals surface area contributed by atoms with Crippen LogP contribution in [-0.2, 0) is 38.1 Å². The van der Waals surface area contributed by atoms with Crippen LogP contribution in [0.4, 0.5) is 0 Å². The molecule has 2 N–H and O–H groups in total. The van der Waals surface area contributed by atoms with Crippen LogP contribution in [0.25, 0.3) is 0 Å². The summed E-state index contributed by atoms with van der Waals surface area (Å²) >= 11 is 0. The lowest BCUT2D eigenvalue weighted by atomic mass is 9.43. The number of aliphatic hydroxyl groups excluding tert-OH is 1. The van der Waals surface area contributed by atoms with E-state index in [9.17, 15) is 28.2 Å². The number of aryl methyl sites for hydroxylation is 1. The van der Waals surface area contributed by atoms with Crippen molar-refractivity contribution >= 4 is 22.4 Å². The van der Waals surface area contributed by atoms with Gasteiger partial charge >= 0.3 is 5.97 Å². The van der Waals surface area contributed by atoms with Crippen LogP contribution in [0.1, 0.15) is 58.9 Å². The van der Waals surface area contributed by atoms with E-state index < -0.39 is 63.0 Å². The van der Waals surface area contributed by atoms with E-state index >= 15 is 0 Å². The summed E-state index contributed by atoms with van der Waals surface area (Å²) in [5, 5.41) is 22.6. The van der Waals surface area contributed by atoms with Gasteiger partial charge in [0, 0.05) is 12.5 Å². The Morgan fingerprint density at radius 1 is 1.13 bits per heavy atom. The first-order valence-corrected chi connectivity index (χ1v) is 17.5. The molecule has 45 heavy (non-hydrogen) atoms. The number of aldehydes is 1. The molecule has 1 aromatic rings. The van der Waals surface area contributed by atoms with Crippen molar-refractivity contribution in [1.29, 1.82) is 0 Å². The number of hydrogen-bond acceptors (Lipinski definition) is 9. The van der Waals surface area contributed by atoms with Gasteiger partial charge in [-0.1, -0.05) is 56.5 Å². The molecule has 4 aliphatic carbocycles. The third-order valence-electron chi connectivity index (χ3n) is 12.2. The third kappa shape index (κ3) is 4.40. The molecule has 248 valence electrons. The lowest BCUT2D eigenvalue weighted by Gasteiger charge is -2.58. The molecular formula is C34H46O10S. The van der Waals surface area contributed by atoms with Crippen molar-refractivity contribution in [2.75, 3.05) is 13.7 Å². The van der Waals surface area contributed by atoms with Crippen molar-refractivity contribution in [3.63, 3.8) is 0 Å². The number of aliphatic carboxylic acids is 1. The number of allylic oxidation sites excluding steroid dienone is 1. The highest BCUT2D eigenvalue weighted by Crippen LogP contribution is 2.82. The molecule has 1 aliphatic heterocycles. The largest absolute Gasteiger partial charge is 0.481 e. The van der Waals surface area contributed by atoms with Gasteiger partial charge in [-0.05, 0) is 74.8 Å². The number of ether oxygens (including phenoxy) is 3. The number of methoxy groups -OCH3 is 1. The molecule has 0 aromatic heterocycles. The van der Waals surface area contributed by atoms with Crippen molar-refractivity contribution in [1.82, 2.24) is 0 Å². The quantitative estimate of drug-likeness (QED) is 0.216. The van der Waals surface area contributed by atoms with E-state index in [0.717, 1.165) is 30.3 Å². The van der Waals surface area contributed by atoms with Crippen LogP contribution in [0.2, 0.25) is 0 Å². The Balaban J connectivity index is 1.39. The maximum Gasteiger partial charge on any atom is 0.315 e. The molecule has 0 radical (unpaired) electrons. The number of aliphatic hydroxyl groups is 1. The van der Waals surface area contributed by atoms with Crippen LogP contribution in [0.5, 0.6) is 0 Å². The van der Waals surface area contributed by atoms with E-state index in [4.69, 9.17) is 18.4 Å². The summed E-state index contributed by atoms with van der Waals surface area (Å²) in [6.45, 7) is 9.55. The van der Waals surface area contributed by atoms with Gasteiger partial charge in [-0.15, -0.1) is 0 Å². The zero-order valence-corrected chi connectivity index (χ0v) is 27.7. The van der Waals surface area contributed by atoms with Gasteiger partial charge in [0.1, 0.15) is 23.9 Å². The van der Waals surface area contributed by atoms with E-state index in [1.165, 1.54) is 19.2 Å². The number of carbonyl (C=O) groups is 2. The summed E-state index contributed by atoms with van der Waals surface area (Å²) in [5.41, 5.74) is -1.86. The maximum absolute atomic E-state index is 13.8. The molecule has 6 rings (SSSR count). The van der Waals surface area contributed by atoms with Gasteiger partial charge in [0.25, 0.3) is 10.1 Å². The molecular weight excluding hydrogens is 600 g/mol. The number of fused-ring (bicyclic) bond motifs is 2. The van der Waals surface area contributed by atoms with Gasteiger partial charge in [0.2, 0.25) is 0 Å². The number of hydrogen-bond donors (Lipinski definition) is 2. The highest BCUT2D eigenvalue weighted by Gasteiger charge is 2.84. The van der Waals surface area contributed by atoms with Gasteiger partial charge in [-0.2, -0.15) is 8.42 Å². The summed E-state index contributed by atoms with van der Waals surface area (Å²) in [7, 11) is -2.97. The Labute approximate surface area is 265 Å². The first kappa shape index (κ1) is 32.8. The maximum atomic E-state index is 13.8. The van der Waals surface area contributed by atoms with Crippen molar-refractivity contribution in [3.05, 3.63) is 41.5 Å². The Morgan fingerprint density at radius 2 is 1.82 bits per heavy atom. The number of benzene rings is 1. The highest BCUT2D eigenvalue weighted by molar-refractivity contribution is 7.86. The van der Waals surface area contributed by atoms with Crippen LogP contribution in [0.3, 0.4) is 0 Å². The predicted octanol–water partition coefficient (Wildman–Crippen LogP) is 4.13. The van der Waals surface area contributed by atoms with Gasteiger partial charge in [0.05, 0.1) is 23.0 Å². The normalized spacial score (nSPS) is 43.7. The Morgan fingerprint density at radius 3 is 2.42 bits per heavy atom. The molecule has 4 bridgehead atoms. The molecule has 4 fully saturated rings. The van der Waals surface area contributed by atoms with Crippen LogP contribution >= 0.6 is 0 Å². The zero-order valence-electron chi connectivity index (χ0n) is 26.8. The summed E-state index contributed by atoms with van der Waals surface area (Å²) in [6, 6.07) is 6.16. The standard InChI is InChI=1S/C34H46O10S/c1-18(2)26-13-22-14-32(16-35)25-12-9-20(4)24(25)15-33(22,34(26,32)31(37)38)17-42-30-29(27(36)28(41-6)21(5)43-30)44-45(39,40)23-10-7-19(3)8-11-23/h7-8,10-11,13,16,18,20-22,24-25,27-30,36H,9,12,14-15,17H2,1-6H3,(H,37,38)/t20?,21-,22?,24?,25?,27-,28-,29+,30-,32?,33?,34?/m1/s1. The second kappa shape index (κ2) is 11.2. The second-order valence-electron chi connectivity index (χ2n) is 14.5. The number of rotatable bonds is 10. The minimum absolute atomic E-state index is 0.0346. The first-order valence-electron chi connectivity index (χ1n) is 16.1. The van der Waals surface area contributed by atoms with Crippen LogP contribution in [-0.4, -0.2) is 75.3 Å². The van der Waals surface area contributed by atoms with Crippen LogP contribution in [0.15, 0.2) is 40.8 Å². The van der Waals surface area contributed by atoms with Crippen LogP contribution < -0.4 is 0 Å². The van der Waals surface area contributed by atoms with Crippen molar-refractivity contribution in [3.8, 4) is 0 Å². The van der Waals surface area contributed by atoms with E-state index in [1.54, 1.807) is 19.1 Å². The van der Waals surface area contributed by atoms with Crippen molar-refractivity contribution in [2.24, 2.45) is 45.8 Å². The van der Waals surface area contributed by atoms with Gasteiger partial charge < -0.3 is 29.2 Å². The SMILES string of the molecule is CO[C@H]1[C@@H](O)[C@H](OS(=O)(=O)c2ccc(C)cc2)[C@H](OCC23CC4C(C)CCC4C4(C=O)CC2C=C(C(C)C)C43C(=O)O)O[C@@H]1C. The summed E-state index contributed by atoms with van der Waals surface area (Å²) in [4.78, 5) is 27.0. The van der Waals surface area contributed by atoms with Crippen molar-refractivity contribution < 1.29 is 46.6 Å². The Bertz CT molecular complexity index is 1470. The molecule has 11 heteroatoms. The van der Waals surface area contributed by atoms with E-state index in [-0.39, 0.29) is 35.2 Å². The zero-order chi connectivity index (χ0) is 32.7. The summed E-state index contributed by atoms with van der Waals surface area (Å²) in [6.07, 6.45) is -0.0909. The van der Waals surface area contributed by atoms with Gasteiger partial charge in [-0.25, -0.2) is 0 Å². The lowest BCUT2D eigenvalue weighted by Crippen LogP contribution is -2.64. The molecule has 5 aliphatic rings. The second-order valence-corrected chi connectivity index (χ2v) is 16.1. The molecule has 10 nitrogen and oxygen atoms in total. The minimum atomic E-state index is -4.36. The average Bonchev–Trinajstić information content (AvgIpc) is 3.55. The molecule has 1 aromatic carbocycles. The topological polar surface area (TPSA) is 146 Å². The van der Waals surface area contributed by atoms with E-state index in [0.29, 0.717) is 18.8 Å². The number of carboxylic acids is 1. The number of carbonyl (C=O) groups excluding carboxylic acids is 1. The number of carboxylic acid groups (broad SMARTS) is 1. The highest BCUT2D eigenvalue weighted by atomic mass is 32.2. The summed E-state index contributed by atoms with van der Waals surface area (Å²) < 4.78 is 50.6. The Kier molecular flexibility index (Phi) is 8.18. The molecule has 1 heterocycles. The minimum Gasteiger partial charge on any atom is -0.481 e.